The quantitative estimate of drug-likeness (QED) is 0.618. The van der Waals surface area contributed by atoms with Crippen LogP contribution < -0.4 is 0 Å². The highest BCUT2D eigenvalue weighted by molar-refractivity contribution is 5.57. The number of allylic oxidation sites excluding steroid dienone is 1. The van der Waals surface area contributed by atoms with Crippen LogP contribution in [0.4, 0.5) is 0 Å². The molecule has 2 rings (SSSR count). The average Bonchev–Trinajstić information content (AvgIpc) is 2.31. The summed E-state index contributed by atoms with van der Waals surface area (Å²) >= 11 is 0. The van der Waals surface area contributed by atoms with E-state index in [0.717, 1.165) is 6.42 Å². The van der Waals surface area contributed by atoms with E-state index in [1.807, 2.05) is 13.8 Å². The van der Waals surface area contributed by atoms with Crippen molar-refractivity contribution in [2.24, 2.45) is 0 Å². The first-order valence-electron chi connectivity index (χ1n) is 5.68. The van der Waals surface area contributed by atoms with E-state index in [1.54, 1.807) is 0 Å². The van der Waals surface area contributed by atoms with Crippen LogP contribution in [0.3, 0.4) is 0 Å². The molecule has 0 aliphatic heterocycles. The summed E-state index contributed by atoms with van der Waals surface area (Å²) in [5, 5.41) is 0. The maximum absolute atomic E-state index is 2.31. The first kappa shape index (κ1) is 11.0. The second-order valence-corrected chi connectivity index (χ2v) is 3.33. The summed E-state index contributed by atoms with van der Waals surface area (Å²) in [7, 11) is 0. The van der Waals surface area contributed by atoms with Crippen molar-refractivity contribution in [1.29, 1.82) is 0 Å². The van der Waals surface area contributed by atoms with Gasteiger partial charge in [0.2, 0.25) is 0 Å². The van der Waals surface area contributed by atoms with Gasteiger partial charge in [0.1, 0.15) is 0 Å². The van der Waals surface area contributed by atoms with E-state index in [-0.39, 0.29) is 0 Å². The fourth-order valence-corrected chi connectivity index (χ4v) is 1.70. The van der Waals surface area contributed by atoms with Crippen LogP contribution in [0, 0.1) is 0 Å². The molecule has 1 aromatic rings. The molecule has 0 saturated carbocycles. The van der Waals surface area contributed by atoms with Crippen molar-refractivity contribution < 1.29 is 0 Å². The Kier molecular flexibility index (Phi) is 4.45. The van der Waals surface area contributed by atoms with Gasteiger partial charge in [-0.05, 0) is 36.0 Å². The maximum Gasteiger partial charge on any atom is -0.0225 e. The highest BCUT2D eigenvalue weighted by atomic mass is 14.1. The van der Waals surface area contributed by atoms with Gasteiger partial charge < -0.3 is 0 Å². The van der Waals surface area contributed by atoms with Gasteiger partial charge in [0.25, 0.3) is 0 Å². The number of aryl methyl sites for hydroxylation is 2. The van der Waals surface area contributed by atoms with Crippen molar-refractivity contribution in [3.63, 3.8) is 0 Å². The lowest BCUT2D eigenvalue weighted by atomic mass is 9.95. The molecular formula is C14H20. The summed E-state index contributed by atoms with van der Waals surface area (Å²) < 4.78 is 0. The predicted octanol–water partition coefficient (Wildman–Crippen LogP) is 4.23. The first-order valence-corrected chi connectivity index (χ1v) is 5.68. The molecule has 1 aromatic carbocycles. The minimum Gasteiger partial charge on any atom is -0.0836 e. The number of hydrogen-bond donors (Lipinski definition) is 0. The topological polar surface area (TPSA) is 0 Å². The molecule has 0 spiro atoms. The molecule has 0 atom stereocenters. The van der Waals surface area contributed by atoms with E-state index >= 15 is 0 Å². The molecule has 0 aromatic heterocycles. The van der Waals surface area contributed by atoms with Gasteiger partial charge in [-0.2, -0.15) is 0 Å². The molecule has 0 bridgehead atoms. The molecule has 0 N–H and O–H groups in total. The molecule has 0 heterocycles. The summed E-state index contributed by atoms with van der Waals surface area (Å²) in [4.78, 5) is 0. The third-order valence-electron chi connectivity index (χ3n) is 2.50. The Morgan fingerprint density at radius 1 is 1.21 bits per heavy atom. The Morgan fingerprint density at radius 3 is 2.71 bits per heavy atom. The van der Waals surface area contributed by atoms with Crippen LogP contribution in [-0.4, -0.2) is 0 Å². The largest absolute Gasteiger partial charge is 0.0836 e. The molecule has 76 valence electrons. The number of fused-ring (bicyclic) bond motifs is 1. The lowest BCUT2D eigenvalue weighted by molar-refractivity contribution is 0.979. The molecule has 0 unspecified atom stereocenters. The lowest BCUT2D eigenvalue weighted by Crippen LogP contribution is -1.94. The SMILES string of the molecule is CC.CCc1ccc2c(c1)C=CCC2. The maximum atomic E-state index is 2.31. The van der Waals surface area contributed by atoms with E-state index < -0.39 is 0 Å². The molecule has 0 amide bonds. The van der Waals surface area contributed by atoms with Crippen LogP contribution in [-0.2, 0) is 12.8 Å². The minimum atomic E-state index is 1.14. The van der Waals surface area contributed by atoms with Gasteiger partial charge in [-0.3, -0.25) is 0 Å². The van der Waals surface area contributed by atoms with Crippen LogP contribution in [0.5, 0.6) is 0 Å². The zero-order chi connectivity index (χ0) is 10.4. The number of benzene rings is 1. The molecule has 0 heteroatoms. The molecular weight excluding hydrogens is 168 g/mol. The highest BCUT2D eigenvalue weighted by Gasteiger charge is 2.03. The zero-order valence-corrected chi connectivity index (χ0v) is 9.51. The summed E-state index contributed by atoms with van der Waals surface area (Å²) in [6.07, 6.45) is 8.08. The highest BCUT2D eigenvalue weighted by Crippen LogP contribution is 2.20. The van der Waals surface area contributed by atoms with Crippen molar-refractivity contribution in [3.05, 3.63) is 41.0 Å². The lowest BCUT2D eigenvalue weighted by Gasteiger charge is -2.10. The number of hydrogen-bond acceptors (Lipinski definition) is 0. The van der Waals surface area contributed by atoms with Gasteiger partial charge in [0.15, 0.2) is 0 Å². The Morgan fingerprint density at radius 2 is 2.00 bits per heavy atom. The van der Waals surface area contributed by atoms with Gasteiger partial charge in [-0.25, -0.2) is 0 Å². The fourth-order valence-electron chi connectivity index (χ4n) is 1.70. The van der Waals surface area contributed by atoms with Gasteiger partial charge in [0, 0.05) is 0 Å². The van der Waals surface area contributed by atoms with E-state index in [0.29, 0.717) is 0 Å². The molecule has 14 heavy (non-hydrogen) atoms. The van der Waals surface area contributed by atoms with Crippen LogP contribution >= 0.6 is 0 Å². The smallest absolute Gasteiger partial charge is 0.0225 e. The zero-order valence-electron chi connectivity index (χ0n) is 9.51. The summed E-state index contributed by atoms with van der Waals surface area (Å²) in [5.74, 6) is 0. The Bertz CT molecular complexity index is 308. The Balaban J connectivity index is 0.000000461. The summed E-state index contributed by atoms with van der Waals surface area (Å²) in [6.45, 7) is 6.20. The van der Waals surface area contributed by atoms with Crippen LogP contribution in [0.25, 0.3) is 6.08 Å². The third-order valence-corrected chi connectivity index (χ3v) is 2.50. The molecule has 0 radical (unpaired) electrons. The molecule has 1 aliphatic carbocycles. The first-order chi connectivity index (χ1) is 6.90. The average molecular weight is 188 g/mol. The van der Waals surface area contributed by atoms with Gasteiger partial charge >= 0.3 is 0 Å². The predicted molar refractivity (Wildman–Crippen MR) is 64.5 cm³/mol. The second kappa shape index (κ2) is 5.64. The van der Waals surface area contributed by atoms with Crippen molar-refractivity contribution in [3.8, 4) is 0 Å². The van der Waals surface area contributed by atoms with Gasteiger partial charge in [-0.15, -0.1) is 0 Å². The van der Waals surface area contributed by atoms with Crippen molar-refractivity contribution in [1.82, 2.24) is 0 Å². The van der Waals surface area contributed by atoms with Crippen LogP contribution in [0.15, 0.2) is 24.3 Å². The van der Waals surface area contributed by atoms with E-state index in [4.69, 9.17) is 0 Å². The molecule has 0 nitrogen and oxygen atoms in total. The van der Waals surface area contributed by atoms with Crippen molar-refractivity contribution in [2.75, 3.05) is 0 Å². The summed E-state index contributed by atoms with van der Waals surface area (Å²) in [6, 6.07) is 6.83. The van der Waals surface area contributed by atoms with Crippen LogP contribution in [0.2, 0.25) is 0 Å². The normalized spacial score (nSPS) is 12.8. The Labute approximate surface area is 87.7 Å². The van der Waals surface area contributed by atoms with Crippen molar-refractivity contribution >= 4 is 6.08 Å². The van der Waals surface area contributed by atoms with Crippen LogP contribution in [0.1, 0.15) is 43.9 Å². The second-order valence-electron chi connectivity index (χ2n) is 3.33. The standard InChI is InChI=1S/C12H14.C2H6/c1-2-10-7-8-11-5-3-4-6-12(11)9-10;1-2/h4,6-9H,2-3,5H2,1H3;1-2H3. The summed E-state index contributed by atoms with van der Waals surface area (Å²) in [5.41, 5.74) is 4.38. The minimum absolute atomic E-state index is 1.14. The molecule has 0 fully saturated rings. The monoisotopic (exact) mass is 188 g/mol. The fraction of sp³-hybridized carbons (Fsp3) is 0.429. The van der Waals surface area contributed by atoms with E-state index in [1.165, 1.54) is 29.5 Å². The van der Waals surface area contributed by atoms with Gasteiger partial charge in [0.05, 0.1) is 0 Å². The van der Waals surface area contributed by atoms with Gasteiger partial charge in [-0.1, -0.05) is 51.1 Å². The van der Waals surface area contributed by atoms with E-state index in [9.17, 15) is 0 Å². The molecule has 0 saturated heterocycles. The van der Waals surface area contributed by atoms with E-state index in [2.05, 4.69) is 37.3 Å². The number of rotatable bonds is 1. The Hall–Kier alpha value is -1.04. The molecule has 1 aliphatic rings. The third kappa shape index (κ3) is 2.47. The van der Waals surface area contributed by atoms with Crippen molar-refractivity contribution in [2.45, 2.75) is 40.0 Å².